The van der Waals surface area contributed by atoms with Crippen LogP contribution in [0, 0.1) is 6.92 Å². The molecule has 0 aliphatic carbocycles. The number of aryl methyl sites for hydroxylation is 1. The number of nitrogens with zero attached hydrogens (tertiary/aromatic N) is 1. The summed E-state index contributed by atoms with van der Waals surface area (Å²) in [5.74, 6) is 0.404. The van der Waals surface area contributed by atoms with Crippen molar-refractivity contribution in [1.82, 2.24) is 10.3 Å². The Morgan fingerprint density at radius 3 is 2.71 bits per heavy atom. The highest BCUT2D eigenvalue weighted by Crippen LogP contribution is 2.28. The summed E-state index contributed by atoms with van der Waals surface area (Å²) in [6.07, 6.45) is 2.91. The number of carbonyl (C=O) groups excluding carboxylic acids is 1. The van der Waals surface area contributed by atoms with E-state index in [2.05, 4.69) is 10.3 Å². The van der Waals surface area contributed by atoms with Gasteiger partial charge in [0.25, 0.3) is 5.91 Å². The number of aromatic nitrogens is 1. The first-order chi connectivity index (χ1) is 10.0. The molecule has 0 spiro atoms. The number of hydrogen-bond acceptors (Lipinski definition) is 5. The summed E-state index contributed by atoms with van der Waals surface area (Å²) in [6.45, 7) is 5.67. The van der Waals surface area contributed by atoms with Gasteiger partial charge in [0.1, 0.15) is 5.69 Å². The number of nitrogens with one attached hydrogen (secondary N) is 1. The zero-order valence-electron chi connectivity index (χ0n) is 12.5. The summed E-state index contributed by atoms with van der Waals surface area (Å²) in [4.78, 5) is 17.6. The molecule has 0 saturated heterocycles. The van der Waals surface area contributed by atoms with Crippen LogP contribution in [-0.2, 0) is 0 Å². The van der Waals surface area contributed by atoms with E-state index in [0.29, 0.717) is 29.3 Å². The second-order valence-corrected chi connectivity index (χ2v) is 6.20. The summed E-state index contributed by atoms with van der Waals surface area (Å²) >= 11 is 1.42. The highest BCUT2D eigenvalue weighted by Gasteiger charge is 2.29. The van der Waals surface area contributed by atoms with Crippen LogP contribution in [0.5, 0.6) is 0 Å². The van der Waals surface area contributed by atoms with Crippen molar-refractivity contribution in [1.29, 1.82) is 0 Å². The second kappa shape index (κ2) is 6.41. The quantitative estimate of drug-likeness (QED) is 0.860. The third-order valence-corrected chi connectivity index (χ3v) is 4.76. The fraction of sp³-hybridized carbons (Fsp3) is 0.467. The summed E-state index contributed by atoms with van der Waals surface area (Å²) in [6, 6.07) is 3.60. The van der Waals surface area contributed by atoms with Crippen molar-refractivity contribution in [3.05, 3.63) is 29.0 Å². The van der Waals surface area contributed by atoms with E-state index in [1.165, 1.54) is 11.3 Å². The Kier molecular flexibility index (Phi) is 4.80. The second-order valence-electron chi connectivity index (χ2n) is 5.00. The molecule has 0 unspecified atom stereocenters. The van der Waals surface area contributed by atoms with Crippen molar-refractivity contribution in [2.75, 3.05) is 6.61 Å². The molecule has 0 atom stereocenters. The van der Waals surface area contributed by atoms with E-state index in [1.807, 2.05) is 26.8 Å². The Hall–Kier alpha value is -1.66. The SMILES string of the molecule is CCC(CC)(CO)NC(=O)c1nc(-c2ccco2)sc1C. The van der Waals surface area contributed by atoms with Crippen LogP contribution in [0.2, 0.25) is 0 Å². The van der Waals surface area contributed by atoms with Gasteiger partial charge in [0, 0.05) is 4.88 Å². The molecule has 5 nitrogen and oxygen atoms in total. The Labute approximate surface area is 128 Å². The van der Waals surface area contributed by atoms with Gasteiger partial charge in [0.15, 0.2) is 10.8 Å². The van der Waals surface area contributed by atoms with E-state index in [-0.39, 0.29) is 12.5 Å². The lowest BCUT2D eigenvalue weighted by Crippen LogP contribution is -2.50. The van der Waals surface area contributed by atoms with Gasteiger partial charge in [-0.2, -0.15) is 0 Å². The number of aliphatic hydroxyl groups excluding tert-OH is 1. The molecule has 0 fully saturated rings. The third kappa shape index (κ3) is 3.16. The van der Waals surface area contributed by atoms with Gasteiger partial charge in [-0.25, -0.2) is 4.98 Å². The third-order valence-electron chi connectivity index (χ3n) is 3.78. The van der Waals surface area contributed by atoms with Gasteiger partial charge in [-0.3, -0.25) is 4.79 Å². The monoisotopic (exact) mass is 308 g/mol. The molecule has 0 bridgehead atoms. The van der Waals surface area contributed by atoms with Crippen molar-refractivity contribution >= 4 is 17.2 Å². The summed E-state index contributed by atoms with van der Waals surface area (Å²) in [5, 5.41) is 13.2. The zero-order valence-corrected chi connectivity index (χ0v) is 13.3. The predicted molar refractivity (Wildman–Crippen MR) is 82.4 cm³/mol. The summed E-state index contributed by atoms with van der Waals surface area (Å²) in [5.41, 5.74) is -0.191. The molecule has 1 amide bonds. The van der Waals surface area contributed by atoms with E-state index in [1.54, 1.807) is 12.3 Å². The summed E-state index contributed by atoms with van der Waals surface area (Å²) in [7, 11) is 0. The average molecular weight is 308 g/mol. The average Bonchev–Trinajstić information content (AvgIpc) is 3.14. The van der Waals surface area contributed by atoms with Crippen LogP contribution in [0.3, 0.4) is 0 Å². The van der Waals surface area contributed by atoms with Crippen LogP contribution in [0.25, 0.3) is 10.8 Å². The van der Waals surface area contributed by atoms with Crippen LogP contribution in [0.4, 0.5) is 0 Å². The Morgan fingerprint density at radius 1 is 1.48 bits per heavy atom. The van der Waals surface area contributed by atoms with Gasteiger partial charge >= 0.3 is 0 Å². The maximum Gasteiger partial charge on any atom is 0.271 e. The van der Waals surface area contributed by atoms with Crippen LogP contribution in [0.15, 0.2) is 22.8 Å². The maximum atomic E-state index is 12.4. The topological polar surface area (TPSA) is 75.4 Å². The molecule has 2 aromatic rings. The van der Waals surface area contributed by atoms with Crippen LogP contribution in [0.1, 0.15) is 42.1 Å². The van der Waals surface area contributed by atoms with Gasteiger partial charge in [-0.15, -0.1) is 11.3 Å². The van der Waals surface area contributed by atoms with Crippen molar-refractivity contribution in [2.24, 2.45) is 0 Å². The highest BCUT2D eigenvalue weighted by atomic mass is 32.1. The number of amides is 1. The van der Waals surface area contributed by atoms with Crippen LogP contribution in [-0.4, -0.2) is 28.1 Å². The van der Waals surface area contributed by atoms with E-state index in [4.69, 9.17) is 4.42 Å². The number of carbonyl (C=O) groups is 1. The fourth-order valence-corrected chi connectivity index (χ4v) is 2.98. The first-order valence-electron chi connectivity index (χ1n) is 7.00. The molecule has 2 aromatic heterocycles. The molecule has 114 valence electrons. The Balaban J connectivity index is 2.24. The van der Waals surface area contributed by atoms with Gasteiger partial charge in [-0.1, -0.05) is 13.8 Å². The van der Waals surface area contributed by atoms with E-state index in [0.717, 1.165) is 4.88 Å². The van der Waals surface area contributed by atoms with Crippen LogP contribution >= 0.6 is 11.3 Å². The first-order valence-corrected chi connectivity index (χ1v) is 7.81. The zero-order chi connectivity index (χ0) is 15.5. The van der Waals surface area contributed by atoms with Crippen molar-refractivity contribution in [2.45, 2.75) is 39.2 Å². The minimum atomic E-state index is -0.585. The number of thiazole rings is 1. The standard InChI is InChI=1S/C15H20N2O3S/c1-4-15(5-2,9-18)17-13(19)12-10(3)21-14(16-12)11-7-6-8-20-11/h6-8,18H,4-5,9H2,1-3H3,(H,17,19). The molecule has 0 radical (unpaired) electrons. The minimum absolute atomic E-state index is 0.0834. The lowest BCUT2D eigenvalue weighted by Gasteiger charge is -2.30. The minimum Gasteiger partial charge on any atom is -0.462 e. The predicted octanol–water partition coefficient (Wildman–Crippen LogP) is 2.99. The molecule has 2 N–H and O–H groups in total. The molecular weight excluding hydrogens is 288 g/mol. The molecule has 6 heteroatoms. The van der Waals surface area contributed by atoms with Crippen molar-refractivity contribution in [3.8, 4) is 10.8 Å². The van der Waals surface area contributed by atoms with Gasteiger partial charge < -0.3 is 14.8 Å². The molecule has 0 aromatic carbocycles. The van der Waals surface area contributed by atoms with Crippen molar-refractivity contribution < 1.29 is 14.3 Å². The molecule has 0 aliphatic heterocycles. The van der Waals surface area contributed by atoms with Gasteiger partial charge in [0.05, 0.1) is 18.4 Å². The molecule has 0 aliphatic rings. The molecule has 0 saturated carbocycles. The highest BCUT2D eigenvalue weighted by molar-refractivity contribution is 7.15. The molecule has 21 heavy (non-hydrogen) atoms. The van der Waals surface area contributed by atoms with E-state index >= 15 is 0 Å². The molecular formula is C15H20N2O3S. The Morgan fingerprint density at radius 2 is 2.19 bits per heavy atom. The smallest absolute Gasteiger partial charge is 0.271 e. The van der Waals surface area contributed by atoms with Crippen molar-refractivity contribution in [3.63, 3.8) is 0 Å². The largest absolute Gasteiger partial charge is 0.462 e. The normalized spacial score (nSPS) is 11.6. The van der Waals surface area contributed by atoms with E-state index < -0.39 is 5.54 Å². The molecule has 2 rings (SSSR count). The lowest BCUT2D eigenvalue weighted by atomic mass is 9.93. The number of furan rings is 1. The van der Waals surface area contributed by atoms with Gasteiger partial charge in [0.2, 0.25) is 0 Å². The number of hydrogen-bond donors (Lipinski definition) is 2. The number of rotatable bonds is 6. The maximum absolute atomic E-state index is 12.4. The Bertz CT molecular complexity index is 592. The van der Waals surface area contributed by atoms with Crippen LogP contribution < -0.4 is 5.32 Å². The molecule has 2 heterocycles. The van der Waals surface area contributed by atoms with Gasteiger partial charge in [-0.05, 0) is 31.9 Å². The summed E-state index contributed by atoms with van der Waals surface area (Å²) < 4.78 is 5.31. The fourth-order valence-electron chi connectivity index (χ4n) is 2.10. The first kappa shape index (κ1) is 15.7. The van der Waals surface area contributed by atoms with E-state index in [9.17, 15) is 9.90 Å². The lowest BCUT2D eigenvalue weighted by molar-refractivity contribution is 0.0813. The number of aliphatic hydroxyl groups is 1.